The Morgan fingerprint density at radius 3 is 2.76 bits per heavy atom. The summed E-state index contributed by atoms with van der Waals surface area (Å²) in [6, 6.07) is 4.69. The van der Waals surface area contributed by atoms with Crippen LogP contribution in [0.2, 0.25) is 0 Å². The van der Waals surface area contributed by atoms with Gasteiger partial charge in [0.15, 0.2) is 11.6 Å². The van der Waals surface area contributed by atoms with Gasteiger partial charge in [-0.25, -0.2) is 9.37 Å². The second kappa shape index (κ2) is 4.81. The molecular weight excluding hydrogens is 239 g/mol. The Hall–Kier alpha value is -1.46. The van der Waals surface area contributed by atoms with Gasteiger partial charge in [0.05, 0.1) is 12.8 Å². The van der Waals surface area contributed by atoms with E-state index in [1.54, 1.807) is 12.1 Å². The van der Waals surface area contributed by atoms with Crippen LogP contribution in [0.15, 0.2) is 23.6 Å². The number of aromatic nitrogens is 1. The van der Waals surface area contributed by atoms with Gasteiger partial charge in [0.25, 0.3) is 0 Å². The second-order valence-electron chi connectivity index (χ2n) is 3.72. The van der Waals surface area contributed by atoms with Crippen molar-refractivity contribution in [2.24, 2.45) is 5.73 Å². The largest absolute Gasteiger partial charge is 0.494 e. The average molecular weight is 252 g/mol. The molecule has 17 heavy (non-hydrogen) atoms. The minimum Gasteiger partial charge on any atom is -0.494 e. The molecule has 0 saturated heterocycles. The molecule has 90 valence electrons. The number of rotatable bonds is 3. The minimum atomic E-state index is -0.387. The summed E-state index contributed by atoms with van der Waals surface area (Å²) >= 11 is 1.45. The molecule has 2 aromatic rings. The predicted octanol–water partition coefficient (Wildman–Crippen LogP) is 2.98. The number of nitrogens with zero attached hydrogens (tertiary/aromatic N) is 1. The van der Waals surface area contributed by atoms with E-state index in [0.29, 0.717) is 0 Å². The third kappa shape index (κ3) is 2.45. The van der Waals surface area contributed by atoms with Gasteiger partial charge >= 0.3 is 0 Å². The smallest absolute Gasteiger partial charge is 0.165 e. The molecule has 1 aromatic heterocycles. The number of methoxy groups -OCH3 is 1. The van der Waals surface area contributed by atoms with E-state index in [0.717, 1.165) is 16.3 Å². The van der Waals surface area contributed by atoms with Crippen molar-refractivity contribution in [3.05, 3.63) is 35.1 Å². The lowest BCUT2D eigenvalue weighted by atomic mass is 10.2. The fraction of sp³-hybridized carbons (Fsp3) is 0.250. The molecule has 3 nitrogen and oxygen atoms in total. The molecule has 1 unspecified atom stereocenters. The summed E-state index contributed by atoms with van der Waals surface area (Å²) < 4.78 is 18.4. The van der Waals surface area contributed by atoms with Crippen molar-refractivity contribution in [2.45, 2.75) is 13.0 Å². The number of benzene rings is 1. The first kappa shape index (κ1) is 12.0. The van der Waals surface area contributed by atoms with Crippen LogP contribution >= 0.6 is 11.3 Å². The molecule has 0 amide bonds. The average Bonchev–Trinajstić information content (AvgIpc) is 2.78. The number of nitrogens with two attached hydrogens (primary N) is 1. The van der Waals surface area contributed by atoms with Crippen LogP contribution in [0.4, 0.5) is 4.39 Å². The van der Waals surface area contributed by atoms with E-state index >= 15 is 0 Å². The number of ether oxygens (including phenoxy) is 1. The molecule has 0 aliphatic rings. The highest BCUT2D eigenvalue weighted by atomic mass is 32.1. The summed E-state index contributed by atoms with van der Waals surface area (Å²) in [5, 5.41) is 2.65. The lowest BCUT2D eigenvalue weighted by Gasteiger charge is -2.03. The van der Waals surface area contributed by atoms with Crippen LogP contribution in [-0.2, 0) is 0 Å². The monoisotopic (exact) mass is 252 g/mol. The van der Waals surface area contributed by atoms with Gasteiger partial charge in [0, 0.05) is 17.0 Å². The minimum absolute atomic E-state index is 0.108. The Balaban J connectivity index is 2.36. The third-order valence-corrected chi connectivity index (χ3v) is 3.30. The summed E-state index contributed by atoms with van der Waals surface area (Å²) in [5.74, 6) is -0.153. The van der Waals surface area contributed by atoms with E-state index in [9.17, 15) is 4.39 Å². The van der Waals surface area contributed by atoms with Crippen molar-refractivity contribution in [1.82, 2.24) is 4.98 Å². The fourth-order valence-corrected chi connectivity index (χ4v) is 2.35. The van der Waals surface area contributed by atoms with Crippen LogP contribution in [0.3, 0.4) is 0 Å². The first-order valence-corrected chi connectivity index (χ1v) is 6.04. The molecule has 0 saturated carbocycles. The van der Waals surface area contributed by atoms with Crippen LogP contribution in [0.1, 0.15) is 18.7 Å². The first-order valence-electron chi connectivity index (χ1n) is 5.16. The normalized spacial score (nSPS) is 12.5. The number of hydrogen-bond acceptors (Lipinski definition) is 4. The third-order valence-electron chi connectivity index (χ3n) is 2.39. The molecule has 0 bridgehead atoms. The van der Waals surface area contributed by atoms with Gasteiger partial charge in [0.1, 0.15) is 5.01 Å². The number of hydrogen-bond donors (Lipinski definition) is 1. The van der Waals surface area contributed by atoms with Gasteiger partial charge in [-0.3, -0.25) is 0 Å². The maximum Gasteiger partial charge on any atom is 0.165 e. The predicted molar refractivity (Wildman–Crippen MR) is 66.7 cm³/mol. The maximum absolute atomic E-state index is 13.5. The van der Waals surface area contributed by atoms with Gasteiger partial charge in [-0.05, 0) is 25.1 Å². The summed E-state index contributed by atoms with van der Waals surface area (Å²) in [6.45, 7) is 1.87. The Kier molecular flexibility index (Phi) is 3.40. The van der Waals surface area contributed by atoms with E-state index in [4.69, 9.17) is 10.5 Å². The van der Waals surface area contributed by atoms with Crippen LogP contribution < -0.4 is 10.5 Å². The van der Waals surface area contributed by atoms with Crippen molar-refractivity contribution in [3.63, 3.8) is 0 Å². The van der Waals surface area contributed by atoms with Crippen molar-refractivity contribution < 1.29 is 9.13 Å². The maximum atomic E-state index is 13.5. The van der Waals surface area contributed by atoms with Gasteiger partial charge in [-0.15, -0.1) is 11.3 Å². The van der Waals surface area contributed by atoms with Crippen LogP contribution in [0, 0.1) is 5.82 Å². The molecule has 1 aromatic carbocycles. The second-order valence-corrected chi connectivity index (χ2v) is 4.57. The van der Waals surface area contributed by atoms with E-state index in [-0.39, 0.29) is 17.6 Å². The zero-order valence-electron chi connectivity index (χ0n) is 9.61. The topological polar surface area (TPSA) is 48.1 Å². The SMILES string of the molecule is COc1ccc(-c2nc(C(C)N)cs2)cc1F. The zero-order valence-corrected chi connectivity index (χ0v) is 10.4. The van der Waals surface area contributed by atoms with Gasteiger partial charge in [-0.1, -0.05) is 0 Å². The highest BCUT2D eigenvalue weighted by Gasteiger charge is 2.10. The molecule has 2 N–H and O–H groups in total. The van der Waals surface area contributed by atoms with Gasteiger partial charge in [0.2, 0.25) is 0 Å². The summed E-state index contributed by atoms with van der Waals surface area (Å²) in [5.41, 5.74) is 7.29. The summed E-state index contributed by atoms with van der Waals surface area (Å²) in [4.78, 5) is 4.36. The Morgan fingerprint density at radius 2 is 2.24 bits per heavy atom. The number of halogens is 1. The molecule has 1 heterocycles. The van der Waals surface area contributed by atoms with E-state index in [2.05, 4.69) is 4.98 Å². The molecule has 5 heteroatoms. The highest BCUT2D eigenvalue weighted by Crippen LogP contribution is 2.28. The standard InChI is InChI=1S/C12H13FN2OS/c1-7(14)10-6-17-12(15-10)8-3-4-11(16-2)9(13)5-8/h3-7H,14H2,1-2H3. The highest BCUT2D eigenvalue weighted by molar-refractivity contribution is 7.13. The fourth-order valence-electron chi connectivity index (χ4n) is 1.43. The Labute approximate surface area is 103 Å². The van der Waals surface area contributed by atoms with Crippen molar-refractivity contribution >= 4 is 11.3 Å². The van der Waals surface area contributed by atoms with Crippen LogP contribution in [0.5, 0.6) is 5.75 Å². The lowest BCUT2D eigenvalue weighted by molar-refractivity contribution is 0.386. The van der Waals surface area contributed by atoms with Crippen LogP contribution in [0.25, 0.3) is 10.6 Å². The Morgan fingerprint density at radius 1 is 1.47 bits per heavy atom. The quantitative estimate of drug-likeness (QED) is 0.913. The number of thiazole rings is 1. The van der Waals surface area contributed by atoms with E-state index < -0.39 is 0 Å². The van der Waals surface area contributed by atoms with Crippen molar-refractivity contribution in [2.75, 3.05) is 7.11 Å². The summed E-state index contributed by atoms with van der Waals surface area (Å²) in [6.07, 6.45) is 0. The van der Waals surface area contributed by atoms with Gasteiger partial charge < -0.3 is 10.5 Å². The van der Waals surface area contributed by atoms with Crippen LogP contribution in [-0.4, -0.2) is 12.1 Å². The molecular formula is C12H13FN2OS. The molecule has 0 fully saturated rings. The molecule has 0 aliphatic carbocycles. The Bertz CT molecular complexity index is 525. The zero-order chi connectivity index (χ0) is 12.4. The van der Waals surface area contributed by atoms with Gasteiger partial charge in [-0.2, -0.15) is 0 Å². The molecule has 0 spiro atoms. The molecule has 1 atom stereocenters. The first-order chi connectivity index (χ1) is 8.11. The van der Waals surface area contributed by atoms with E-state index in [1.165, 1.54) is 24.5 Å². The van der Waals surface area contributed by atoms with E-state index in [1.807, 2.05) is 12.3 Å². The lowest BCUT2D eigenvalue weighted by Crippen LogP contribution is -2.04. The van der Waals surface area contributed by atoms with Crippen molar-refractivity contribution in [3.8, 4) is 16.3 Å². The molecule has 0 radical (unpaired) electrons. The summed E-state index contributed by atoms with van der Waals surface area (Å²) in [7, 11) is 1.44. The van der Waals surface area contributed by atoms with Crippen molar-refractivity contribution in [1.29, 1.82) is 0 Å². The molecule has 0 aliphatic heterocycles. The molecule has 2 rings (SSSR count).